The van der Waals surface area contributed by atoms with Crippen molar-refractivity contribution in [1.82, 2.24) is 14.7 Å². The lowest BCUT2D eigenvalue weighted by Gasteiger charge is -2.19. The summed E-state index contributed by atoms with van der Waals surface area (Å²) in [4.78, 5) is 23.9. The molecule has 0 atom stereocenters. The van der Waals surface area contributed by atoms with E-state index < -0.39 is 15.9 Å². The van der Waals surface area contributed by atoms with Gasteiger partial charge in [0.05, 0.1) is 16.2 Å². The third kappa shape index (κ3) is 6.88. The maximum Gasteiger partial charge on any atom is 0.268 e. The number of aryl methyl sites for hydroxylation is 1. The fourth-order valence-corrected chi connectivity index (χ4v) is 4.59. The smallest absolute Gasteiger partial charge is 0.268 e. The van der Waals surface area contributed by atoms with Crippen LogP contribution in [0.4, 0.5) is 5.95 Å². The first-order chi connectivity index (χ1) is 16.5. The lowest BCUT2D eigenvalue weighted by molar-refractivity contribution is 0.0979. The monoisotopic (exact) mass is 494 g/mol. The summed E-state index contributed by atoms with van der Waals surface area (Å²) < 4.78 is 27.9. The van der Waals surface area contributed by atoms with Gasteiger partial charge in [-0.2, -0.15) is 0 Å². The number of nitrogens with zero attached hydrogens (tertiary/aromatic N) is 3. The van der Waals surface area contributed by atoms with Gasteiger partial charge in [-0.15, -0.1) is 0 Å². The van der Waals surface area contributed by atoms with Gasteiger partial charge in [0.25, 0.3) is 15.9 Å². The van der Waals surface area contributed by atoms with Crippen LogP contribution in [0.5, 0.6) is 0 Å². The minimum atomic E-state index is -4.03. The van der Waals surface area contributed by atoms with Crippen LogP contribution in [0.2, 0.25) is 0 Å². The molecule has 3 aromatic rings. The van der Waals surface area contributed by atoms with Crippen LogP contribution in [0.3, 0.4) is 0 Å². The van der Waals surface area contributed by atoms with Crippen LogP contribution >= 0.6 is 0 Å². The van der Waals surface area contributed by atoms with E-state index in [4.69, 9.17) is 0 Å². The van der Waals surface area contributed by atoms with Gasteiger partial charge >= 0.3 is 0 Å². The van der Waals surface area contributed by atoms with Gasteiger partial charge in [-0.05, 0) is 41.5 Å². The number of hydrogen-bond donors (Lipinski definition) is 1. The number of carbonyl (C=O) groups is 1. The Morgan fingerprint density at radius 1 is 1.00 bits per heavy atom. The predicted octanol–water partition coefficient (Wildman–Crippen LogP) is 4.52. The molecule has 0 fully saturated rings. The summed E-state index contributed by atoms with van der Waals surface area (Å²) in [7, 11) is -2.13. The Hall–Kier alpha value is -3.26. The molecular formula is C27H34N4O3S. The molecular weight excluding hydrogens is 460 g/mol. The molecule has 0 aliphatic heterocycles. The van der Waals surface area contributed by atoms with Gasteiger partial charge in [-0.1, -0.05) is 76.6 Å². The number of benzene rings is 2. The molecule has 0 saturated heterocycles. The van der Waals surface area contributed by atoms with Crippen molar-refractivity contribution < 1.29 is 13.2 Å². The maximum atomic E-state index is 13.0. The van der Waals surface area contributed by atoms with Gasteiger partial charge < -0.3 is 4.90 Å². The van der Waals surface area contributed by atoms with E-state index in [1.807, 2.05) is 37.1 Å². The number of anilines is 1. The Balaban J connectivity index is 1.77. The number of hydrogen-bond acceptors (Lipinski definition) is 6. The fourth-order valence-electron chi connectivity index (χ4n) is 3.62. The number of amides is 1. The van der Waals surface area contributed by atoms with Gasteiger partial charge in [-0.25, -0.2) is 23.1 Å². The first kappa shape index (κ1) is 26.3. The Morgan fingerprint density at radius 2 is 1.66 bits per heavy atom. The molecule has 35 heavy (non-hydrogen) atoms. The Morgan fingerprint density at radius 3 is 2.26 bits per heavy atom. The number of aromatic nitrogens is 2. The van der Waals surface area contributed by atoms with E-state index in [0.29, 0.717) is 24.6 Å². The lowest BCUT2D eigenvalue weighted by atomic mass is 9.87. The molecule has 1 amide bonds. The van der Waals surface area contributed by atoms with Crippen molar-refractivity contribution >= 4 is 21.9 Å². The molecule has 0 saturated carbocycles. The van der Waals surface area contributed by atoms with Crippen molar-refractivity contribution in [2.24, 2.45) is 0 Å². The van der Waals surface area contributed by atoms with Crippen molar-refractivity contribution in [3.05, 3.63) is 83.2 Å². The van der Waals surface area contributed by atoms with Crippen LogP contribution in [0.15, 0.2) is 65.7 Å². The van der Waals surface area contributed by atoms with Gasteiger partial charge in [0.1, 0.15) is 0 Å². The Labute approximate surface area is 208 Å². The molecule has 1 aromatic heterocycles. The van der Waals surface area contributed by atoms with Gasteiger partial charge in [0.2, 0.25) is 5.95 Å². The topological polar surface area (TPSA) is 92.3 Å². The van der Waals surface area contributed by atoms with Crippen LogP contribution in [-0.4, -0.2) is 37.9 Å². The molecule has 186 valence electrons. The largest absolute Gasteiger partial charge is 0.344 e. The van der Waals surface area contributed by atoms with Gasteiger partial charge in [-0.3, -0.25) is 4.79 Å². The number of nitrogens with one attached hydrogen (secondary N) is 1. The third-order valence-corrected chi connectivity index (χ3v) is 7.11. The molecule has 7 nitrogen and oxygen atoms in total. The first-order valence-electron chi connectivity index (χ1n) is 11.8. The fraction of sp³-hybridized carbons (Fsp3) is 0.370. The highest BCUT2D eigenvalue weighted by Gasteiger charge is 2.23. The maximum absolute atomic E-state index is 13.0. The van der Waals surface area contributed by atoms with E-state index in [1.165, 1.54) is 23.9 Å². The zero-order valence-electron chi connectivity index (χ0n) is 21.1. The Kier molecular flexibility index (Phi) is 8.27. The van der Waals surface area contributed by atoms with E-state index in [9.17, 15) is 13.2 Å². The normalized spacial score (nSPS) is 11.8. The second-order valence-electron chi connectivity index (χ2n) is 9.65. The molecule has 2 aromatic carbocycles. The average molecular weight is 495 g/mol. The second-order valence-corrected chi connectivity index (χ2v) is 11.3. The zero-order valence-corrected chi connectivity index (χ0v) is 21.9. The second kappa shape index (κ2) is 11.0. The summed E-state index contributed by atoms with van der Waals surface area (Å²) in [5, 5.41) is 0. The minimum absolute atomic E-state index is 0.0362. The van der Waals surface area contributed by atoms with Crippen LogP contribution in [0.1, 0.15) is 61.3 Å². The van der Waals surface area contributed by atoms with Crippen LogP contribution in [-0.2, 0) is 28.3 Å². The molecule has 0 bridgehead atoms. The molecule has 0 radical (unpaired) electrons. The SMILES string of the molecule is CCCc1nc(N(C)CCc2ccccc2)ncc1C(=O)NS(=O)(=O)c1ccc(C(C)(C)C)cc1. The van der Waals surface area contributed by atoms with Crippen LogP contribution < -0.4 is 9.62 Å². The summed E-state index contributed by atoms with van der Waals surface area (Å²) in [5.41, 5.74) is 2.81. The van der Waals surface area contributed by atoms with E-state index >= 15 is 0 Å². The number of sulfonamides is 1. The molecule has 0 aliphatic rings. The zero-order chi connectivity index (χ0) is 25.6. The summed E-state index contributed by atoms with van der Waals surface area (Å²) in [6.07, 6.45) is 3.54. The summed E-state index contributed by atoms with van der Waals surface area (Å²) in [6, 6.07) is 16.7. The van der Waals surface area contributed by atoms with Gasteiger partial charge in [0, 0.05) is 19.8 Å². The highest BCUT2D eigenvalue weighted by molar-refractivity contribution is 7.90. The average Bonchev–Trinajstić information content (AvgIpc) is 2.82. The van der Waals surface area contributed by atoms with Crippen LogP contribution in [0, 0.1) is 0 Å². The number of likely N-dealkylation sites (N-methyl/N-ethyl adjacent to an activating group) is 1. The van der Waals surface area contributed by atoms with Crippen molar-refractivity contribution in [3.8, 4) is 0 Å². The quantitative estimate of drug-likeness (QED) is 0.470. The van der Waals surface area contributed by atoms with Crippen molar-refractivity contribution in [2.45, 2.75) is 57.3 Å². The molecule has 3 rings (SSSR count). The standard InChI is InChI=1S/C27H34N4O3S/c1-6-10-24-23(19-28-26(29-24)31(5)18-17-20-11-8-7-9-12-20)25(32)30-35(33,34)22-15-13-21(14-16-22)27(2,3)4/h7-9,11-16,19H,6,10,17-18H2,1-5H3,(H,30,32). The van der Waals surface area contributed by atoms with Crippen molar-refractivity contribution in [3.63, 3.8) is 0 Å². The molecule has 0 aliphatic carbocycles. The highest BCUT2D eigenvalue weighted by atomic mass is 32.2. The third-order valence-electron chi connectivity index (χ3n) is 5.76. The summed E-state index contributed by atoms with van der Waals surface area (Å²) in [6.45, 7) is 8.85. The van der Waals surface area contributed by atoms with E-state index in [-0.39, 0.29) is 15.9 Å². The summed E-state index contributed by atoms with van der Waals surface area (Å²) >= 11 is 0. The summed E-state index contributed by atoms with van der Waals surface area (Å²) in [5.74, 6) is -0.228. The van der Waals surface area contributed by atoms with E-state index in [2.05, 4.69) is 47.6 Å². The molecule has 1 N–H and O–H groups in total. The van der Waals surface area contributed by atoms with Crippen LogP contribution in [0.25, 0.3) is 0 Å². The van der Waals surface area contributed by atoms with Crippen molar-refractivity contribution in [1.29, 1.82) is 0 Å². The van der Waals surface area contributed by atoms with Gasteiger partial charge in [0.15, 0.2) is 0 Å². The highest BCUT2D eigenvalue weighted by Crippen LogP contribution is 2.23. The molecule has 1 heterocycles. The number of rotatable bonds is 9. The molecule has 8 heteroatoms. The molecule has 0 spiro atoms. The molecule has 0 unspecified atom stereocenters. The van der Waals surface area contributed by atoms with E-state index in [1.54, 1.807) is 12.1 Å². The minimum Gasteiger partial charge on any atom is -0.344 e. The Bertz CT molecular complexity index is 1250. The first-order valence-corrected chi connectivity index (χ1v) is 13.3. The predicted molar refractivity (Wildman–Crippen MR) is 139 cm³/mol. The lowest BCUT2D eigenvalue weighted by Crippen LogP contribution is -2.32. The van der Waals surface area contributed by atoms with E-state index in [0.717, 1.165) is 18.4 Å². The number of carbonyl (C=O) groups excluding carboxylic acids is 1. The van der Waals surface area contributed by atoms with Crippen molar-refractivity contribution in [2.75, 3.05) is 18.5 Å².